The van der Waals surface area contributed by atoms with Gasteiger partial charge in [0.2, 0.25) is 5.89 Å². The van der Waals surface area contributed by atoms with E-state index in [2.05, 4.69) is 4.98 Å². The first-order chi connectivity index (χ1) is 9.28. The van der Waals surface area contributed by atoms with E-state index in [1.807, 2.05) is 12.1 Å². The Hall–Kier alpha value is -2.93. The van der Waals surface area contributed by atoms with Gasteiger partial charge in [0.25, 0.3) is 0 Å². The summed E-state index contributed by atoms with van der Waals surface area (Å²) < 4.78 is 5.20. The third-order valence-corrected chi connectivity index (χ3v) is 2.80. The molecule has 0 fully saturated rings. The van der Waals surface area contributed by atoms with E-state index in [1.54, 1.807) is 42.5 Å². The van der Waals surface area contributed by atoms with Gasteiger partial charge in [-0.25, -0.2) is 9.78 Å². The Morgan fingerprint density at radius 3 is 2.53 bits per heavy atom. The van der Waals surface area contributed by atoms with Crippen LogP contribution in [0.5, 0.6) is 0 Å². The molecule has 4 nitrogen and oxygen atoms in total. The molecule has 0 aliphatic heterocycles. The second kappa shape index (κ2) is 4.39. The summed E-state index contributed by atoms with van der Waals surface area (Å²) in [5, 5.41) is 9.20. The van der Waals surface area contributed by atoms with Gasteiger partial charge in [0, 0.05) is 5.56 Å². The SMILES string of the molecule is N#Cc1ccc(-c2nc3ccccc3c(=O)o2)cc1. The van der Waals surface area contributed by atoms with Crippen LogP contribution in [0.3, 0.4) is 0 Å². The highest BCUT2D eigenvalue weighted by atomic mass is 16.4. The first-order valence-electron chi connectivity index (χ1n) is 5.68. The molecule has 2 aromatic carbocycles. The fourth-order valence-electron chi connectivity index (χ4n) is 1.83. The average molecular weight is 248 g/mol. The Labute approximate surface area is 108 Å². The number of nitrogens with zero attached hydrogens (tertiary/aromatic N) is 2. The maximum Gasteiger partial charge on any atom is 0.347 e. The van der Waals surface area contributed by atoms with E-state index < -0.39 is 5.63 Å². The summed E-state index contributed by atoms with van der Waals surface area (Å²) in [6.07, 6.45) is 0. The van der Waals surface area contributed by atoms with Crippen LogP contribution in [-0.2, 0) is 0 Å². The zero-order chi connectivity index (χ0) is 13.2. The van der Waals surface area contributed by atoms with Crippen LogP contribution in [0.25, 0.3) is 22.4 Å². The van der Waals surface area contributed by atoms with Crippen LogP contribution in [0, 0.1) is 11.3 Å². The molecule has 0 saturated carbocycles. The summed E-state index contributed by atoms with van der Waals surface area (Å²) in [5.74, 6) is 0.258. The van der Waals surface area contributed by atoms with Crippen LogP contribution in [0.2, 0.25) is 0 Å². The van der Waals surface area contributed by atoms with E-state index in [1.165, 1.54) is 0 Å². The number of hydrogen-bond donors (Lipinski definition) is 0. The van der Waals surface area contributed by atoms with Crippen molar-refractivity contribution >= 4 is 10.9 Å². The molecule has 0 saturated heterocycles. The van der Waals surface area contributed by atoms with Crippen molar-refractivity contribution in [2.75, 3.05) is 0 Å². The van der Waals surface area contributed by atoms with Crippen molar-refractivity contribution in [2.45, 2.75) is 0 Å². The van der Waals surface area contributed by atoms with Crippen LogP contribution in [-0.4, -0.2) is 4.98 Å². The highest BCUT2D eigenvalue weighted by molar-refractivity contribution is 5.78. The number of aromatic nitrogens is 1. The molecular weight excluding hydrogens is 240 g/mol. The zero-order valence-corrected chi connectivity index (χ0v) is 9.83. The van der Waals surface area contributed by atoms with Crippen molar-refractivity contribution < 1.29 is 4.42 Å². The Morgan fingerprint density at radius 2 is 1.79 bits per heavy atom. The predicted molar refractivity (Wildman–Crippen MR) is 70.4 cm³/mol. The minimum atomic E-state index is -0.412. The Morgan fingerprint density at radius 1 is 1.05 bits per heavy atom. The van der Waals surface area contributed by atoms with Gasteiger partial charge in [0.15, 0.2) is 0 Å². The monoisotopic (exact) mass is 248 g/mol. The van der Waals surface area contributed by atoms with Gasteiger partial charge < -0.3 is 4.42 Å². The van der Waals surface area contributed by atoms with Gasteiger partial charge in [0.1, 0.15) is 0 Å². The lowest BCUT2D eigenvalue weighted by Gasteiger charge is -2.01. The van der Waals surface area contributed by atoms with Crippen LogP contribution in [0.15, 0.2) is 57.7 Å². The van der Waals surface area contributed by atoms with Crippen LogP contribution in [0.1, 0.15) is 5.56 Å². The van der Waals surface area contributed by atoms with Crippen molar-refractivity contribution in [2.24, 2.45) is 0 Å². The van der Waals surface area contributed by atoms with Crippen molar-refractivity contribution in [3.8, 4) is 17.5 Å². The summed E-state index contributed by atoms with van der Waals surface area (Å²) >= 11 is 0. The highest BCUT2D eigenvalue weighted by Crippen LogP contribution is 2.18. The summed E-state index contributed by atoms with van der Waals surface area (Å²) in [6.45, 7) is 0. The largest absolute Gasteiger partial charge is 0.403 e. The Balaban J connectivity index is 2.20. The third-order valence-electron chi connectivity index (χ3n) is 2.80. The van der Waals surface area contributed by atoms with Crippen molar-refractivity contribution in [3.05, 3.63) is 64.5 Å². The lowest BCUT2D eigenvalue weighted by atomic mass is 10.1. The van der Waals surface area contributed by atoms with Crippen molar-refractivity contribution in [3.63, 3.8) is 0 Å². The van der Waals surface area contributed by atoms with Gasteiger partial charge in [0.05, 0.1) is 22.5 Å². The van der Waals surface area contributed by atoms with Gasteiger partial charge in [-0.15, -0.1) is 0 Å². The molecule has 19 heavy (non-hydrogen) atoms. The molecule has 0 bridgehead atoms. The number of benzene rings is 2. The molecule has 0 radical (unpaired) electrons. The Bertz CT molecular complexity index is 842. The van der Waals surface area contributed by atoms with Gasteiger partial charge in [-0.2, -0.15) is 5.26 Å². The fraction of sp³-hybridized carbons (Fsp3) is 0. The molecule has 90 valence electrons. The highest BCUT2D eigenvalue weighted by Gasteiger charge is 2.07. The molecule has 0 N–H and O–H groups in total. The second-order valence-corrected chi connectivity index (χ2v) is 4.01. The number of fused-ring (bicyclic) bond motifs is 1. The lowest BCUT2D eigenvalue weighted by Crippen LogP contribution is -2.02. The lowest BCUT2D eigenvalue weighted by molar-refractivity contribution is 0.518. The molecule has 0 spiro atoms. The van der Waals surface area contributed by atoms with E-state index in [4.69, 9.17) is 9.68 Å². The van der Waals surface area contributed by atoms with E-state index in [0.717, 1.165) is 0 Å². The second-order valence-electron chi connectivity index (χ2n) is 4.01. The van der Waals surface area contributed by atoms with Gasteiger partial charge in [-0.1, -0.05) is 12.1 Å². The first-order valence-corrected chi connectivity index (χ1v) is 5.68. The standard InChI is InChI=1S/C15H8N2O2/c16-9-10-5-7-11(8-6-10)14-17-13-4-2-1-3-12(13)15(18)19-14/h1-8H. The van der Waals surface area contributed by atoms with Gasteiger partial charge >= 0.3 is 5.63 Å². The number of nitriles is 1. The molecule has 3 aromatic rings. The van der Waals surface area contributed by atoms with Crippen LogP contribution in [0.4, 0.5) is 0 Å². The summed E-state index contributed by atoms with van der Waals surface area (Å²) in [6, 6.07) is 15.8. The van der Waals surface area contributed by atoms with E-state index in [0.29, 0.717) is 22.0 Å². The van der Waals surface area contributed by atoms with Gasteiger partial charge in [-0.3, -0.25) is 0 Å². The maximum absolute atomic E-state index is 11.8. The van der Waals surface area contributed by atoms with E-state index in [9.17, 15) is 4.79 Å². The molecule has 0 aliphatic carbocycles. The minimum absolute atomic E-state index is 0.258. The third kappa shape index (κ3) is 1.98. The quantitative estimate of drug-likeness (QED) is 0.664. The summed E-state index contributed by atoms with van der Waals surface area (Å²) in [7, 11) is 0. The maximum atomic E-state index is 11.8. The number of hydrogen-bond acceptors (Lipinski definition) is 4. The normalized spacial score (nSPS) is 10.3. The number of rotatable bonds is 1. The predicted octanol–water partition coefficient (Wildman–Crippen LogP) is 2.73. The molecule has 0 unspecified atom stereocenters. The molecule has 0 atom stereocenters. The molecule has 4 heteroatoms. The molecule has 1 aromatic heterocycles. The van der Waals surface area contributed by atoms with Gasteiger partial charge in [-0.05, 0) is 36.4 Å². The van der Waals surface area contributed by atoms with E-state index >= 15 is 0 Å². The topological polar surface area (TPSA) is 66.9 Å². The number of para-hydroxylation sites is 1. The Kier molecular flexibility index (Phi) is 2.58. The van der Waals surface area contributed by atoms with Crippen molar-refractivity contribution in [1.29, 1.82) is 5.26 Å². The van der Waals surface area contributed by atoms with E-state index in [-0.39, 0.29) is 5.89 Å². The molecule has 0 amide bonds. The molecule has 3 rings (SSSR count). The zero-order valence-electron chi connectivity index (χ0n) is 9.83. The molecule has 1 heterocycles. The molecule has 0 aliphatic rings. The van der Waals surface area contributed by atoms with Crippen molar-refractivity contribution in [1.82, 2.24) is 4.98 Å². The molecular formula is C15H8N2O2. The fourth-order valence-corrected chi connectivity index (χ4v) is 1.83. The smallest absolute Gasteiger partial charge is 0.347 e. The summed E-state index contributed by atoms with van der Waals surface area (Å²) in [4.78, 5) is 16.1. The average Bonchev–Trinajstić information content (AvgIpc) is 2.47. The van der Waals surface area contributed by atoms with Crippen LogP contribution >= 0.6 is 0 Å². The van der Waals surface area contributed by atoms with Crippen LogP contribution < -0.4 is 5.63 Å². The minimum Gasteiger partial charge on any atom is -0.403 e. The first kappa shape index (κ1) is 11.2. The summed E-state index contributed by atoms with van der Waals surface area (Å²) in [5.41, 5.74) is 1.40.